The van der Waals surface area contributed by atoms with Gasteiger partial charge >= 0.3 is 0 Å². The van der Waals surface area contributed by atoms with Gasteiger partial charge in [0.15, 0.2) is 11.5 Å². The van der Waals surface area contributed by atoms with E-state index in [1.54, 1.807) is 18.3 Å². The summed E-state index contributed by atoms with van der Waals surface area (Å²) in [5.74, 6) is 1.36. The standard InChI is InChI=1S/C27H28N6O2/c1-18-13-25(27(34)30-22-6-5-21-17-29-10-7-20(21)15-22)31-32-26(18)33-11-8-23(9-12-33)35-24-4-2-3-19(14-24)16-28/h2-4,7,10,13-14,17,22-23H,5-6,8-9,11-12,15H2,1H3,(H,30,34). The van der Waals surface area contributed by atoms with Crippen molar-refractivity contribution in [2.75, 3.05) is 18.0 Å². The highest BCUT2D eigenvalue weighted by atomic mass is 16.5. The van der Waals surface area contributed by atoms with E-state index in [0.717, 1.165) is 62.3 Å². The predicted octanol–water partition coefficient (Wildman–Crippen LogP) is 3.39. The zero-order chi connectivity index (χ0) is 24.2. The molecule has 3 aromatic rings. The Morgan fingerprint density at radius 2 is 2.00 bits per heavy atom. The van der Waals surface area contributed by atoms with Crippen LogP contribution in [-0.4, -0.2) is 46.3 Å². The summed E-state index contributed by atoms with van der Waals surface area (Å²) < 4.78 is 6.09. The number of fused-ring (bicyclic) bond motifs is 1. The van der Waals surface area contributed by atoms with Crippen LogP contribution in [0, 0.1) is 18.3 Å². The van der Waals surface area contributed by atoms with Crippen molar-refractivity contribution in [3.05, 3.63) is 76.7 Å². The second-order valence-electron chi connectivity index (χ2n) is 9.24. The average molecular weight is 469 g/mol. The molecule has 0 bridgehead atoms. The third kappa shape index (κ3) is 5.24. The Morgan fingerprint density at radius 1 is 1.14 bits per heavy atom. The minimum absolute atomic E-state index is 0.0899. The maximum Gasteiger partial charge on any atom is 0.272 e. The number of nitriles is 1. The Balaban J connectivity index is 1.17. The summed E-state index contributed by atoms with van der Waals surface area (Å²) in [6.45, 7) is 3.56. The van der Waals surface area contributed by atoms with Crippen molar-refractivity contribution in [2.45, 2.75) is 51.2 Å². The first-order valence-electron chi connectivity index (χ1n) is 12.1. The van der Waals surface area contributed by atoms with E-state index in [1.807, 2.05) is 37.4 Å². The van der Waals surface area contributed by atoms with Crippen molar-refractivity contribution >= 4 is 11.7 Å². The van der Waals surface area contributed by atoms with Crippen LogP contribution in [0.1, 0.15) is 52.0 Å². The van der Waals surface area contributed by atoms with E-state index < -0.39 is 0 Å². The molecule has 2 aromatic heterocycles. The first kappa shape index (κ1) is 22.8. The van der Waals surface area contributed by atoms with Gasteiger partial charge in [-0.25, -0.2) is 0 Å². The lowest BCUT2D eigenvalue weighted by Gasteiger charge is -2.33. The molecule has 2 aliphatic rings. The molecule has 1 N–H and O–H groups in total. The van der Waals surface area contributed by atoms with Crippen LogP contribution < -0.4 is 15.0 Å². The number of anilines is 1. The van der Waals surface area contributed by atoms with Crippen LogP contribution in [0.5, 0.6) is 5.75 Å². The van der Waals surface area contributed by atoms with Gasteiger partial charge < -0.3 is 15.0 Å². The summed E-state index contributed by atoms with van der Waals surface area (Å²) in [5, 5.41) is 20.9. The van der Waals surface area contributed by atoms with Gasteiger partial charge in [-0.05, 0) is 73.2 Å². The van der Waals surface area contributed by atoms with Crippen LogP contribution >= 0.6 is 0 Å². The van der Waals surface area contributed by atoms with Gasteiger partial charge in [-0.2, -0.15) is 5.26 Å². The third-order valence-electron chi connectivity index (χ3n) is 6.77. The summed E-state index contributed by atoms with van der Waals surface area (Å²) in [7, 11) is 0. The Labute approximate surface area is 205 Å². The summed E-state index contributed by atoms with van der Waals surface area (Å²) in [6.07, 6.45) is 8.13. The molecule has 35 heavy (non-hydrogen) atoms. The molecule has 8 nitrogen and oxygen atoms in total. The number of nitrogens with zero attached hydrogens (tertiary/aromatic N) is 5. The van der Waals surface area contributed by atoms with Gasteiger partial charge in [-0.3, -0.25) is 9.78 Å². The molecule has 1 saturated heterocycles. The number of aryl methyl sites for hydroxylation is 2. The number of amides is 1. The number of carbonyl (C=O) groups is 1. The van der Waals surface area contributed by atoms with Gasteiger partial charge in [-0.15, -0.1) is 10.2 Å². The monoisotopic (exact) mass is 468 g/mol. The van der Waals surface area contributed by atoms with E-state index in [2.05, 4.69) is 31.5 Å². The molecule has 1 fully saturated rings. The van der Waals surface area contributed by atoms with Crippen molar-refractivity contribution in [3.63, 3.8) is 0 Å². The summed E-state index contributed by atoms with van der Waals surface area (Å²) in [6, 6.07) is 13.4. The van der Waals surface area contributed by atoms with E-state index in [4.69, 9.17) is 10.00 Å². The number of nitrogens with one attached hydrogen (secondary N) is 1. The van der Waals surface area contributed by atoms with Gasteiger partial charge in [0.1, 0.15) is 11.9 Å². The van der Waals surface area contributed by atoms with Crippen molar-refractivity contribution in [2.24, 2.45) is 0 Å². The normalized spacial score (nSPS) is 17.8. The molecule has 1 aromatic carbocycles. The molecule has 1 aliphatic carbocycles. The van der Waals surface area contributed by atoms with Crippen LogP contribution in [-0.2, 0) is 12.8 Å². The number of ether oxygens (including phenoxy) is 1. The van der Waals surface area contributed by atoms with Gasteiger partial charge in [0.25, 0.3) is 5.91 Å². The topological polar surface area (TPSA) is 104 Å². The molecule has 0 saturated carbocycles. The fourth-order valence-corrected chi connectivity index (χ4v) is 4.88. The molecule has 8 heteroatoms. The molecule has 1 atom stereocenters. The third-order valence-corrected chi connectivity index (χ3v) is 6.77. The second kappa shape index (κ2) is 10.1. The minimum Gasteiger partial charge on any atom is -0.490 e. The fraction of sp³-hybridized carbons (Fsp3) is 0.370. The zero-order valence-electron chi connectivity index (χ0n) is 19.8. The molecular formula is C27H28N6O2. The number of hydrogen-bond acceptors (Lipinski definition) is 7. The van der Waals surface area contributed by atoms with Crippen molar-refractivity contribution in [1.82, 2.24) is 20.5 Å². The van der Waals surface area contributed by atoms with Crippen molar-refractivity contribution in [1.29, 1.82) is 5.26 Å². The number of benzene rings is 1. The Morgan fingerprint density at radius 3 is 2.80 bits per heavy atom. The highest BCUT2D eigenvalue weighted by molar-refractivity contribution is 5.92. The van der Waals surface area contributed by atoms with E-state index >= 15 is 0 Å². The molecule has 1 aliphatic heterocycles. The van der Waals surface area contributed by atoms with Gasteiger partial charge in [0.05, 0.1) is 11.6 Å². The van der Waals surface area contributed by atoms with E-state index in [0.29, 0.717) is 11.3 Å². The zero-order valence-corrected chi connectivity index (χ0v) is 19.8. The maximum atomic E-state index is 12.9. The largest absolute Gasteiger partial charge is 0.490 e. The van der Waals surface area contributed by atoms with Crippen LogP contribution in [0.25, 0.3) is 0 Å². The van der Waals surface area contributed by atoms with Gasteiger partial charge in [-0.1, -0.05) is 6.07 Å². The predicted molar refractivity (Wildman–Crippen MR) is 131 cm³/mol. The van der Waals surface area contributed by atoms with Crippen molar-refractivity contribution < 1.29 is 9.53 Å². The fourth-order valence-electron chi connectivity index (χ4n) is 4.88. The average Bonchev–Trinajstić information content (AvgIpc) is 2.89. The number of carbonyl (C=O) groups excluding carboxylic acids is 1. The molecule has 178 valence electrons. The van der Waals surface area contributed by atoms with Gasteiger partial charge in [0.2, 0.25) is 0 Å². The van der Waals surface area contributed by atoms with Crippen LogP contribution in [0.3, 0.4) is 0 Å². The van der Waals surface area contributed by atoms with Gasteiger partial charge in [0, 0.05) is 44.4 Å². The highest BCUT2D eigenvalue weighted by Crippen LogP contribution is 2.25. The first-order chi connectivity index (χ1) is 17.1. The summed E-state index contributed by atoms with van der Waals surface area (Å²) in [4.78, 5) is 19.2. The number of pyridine rings is 1. The highest BCUT2D eigenvalue weighted by Gasteiger charge is 2.25. The number of piperidine rings is 1. The smallest absolute Gasteiger partial charge is 0.272 e. The molecule has 1 amide bonds. The lowest BCUT2D eigenvalue weighted by Crippen LogP contribution is -2.40. The minimum atomic E-state index is -0.179. The molecule has 3 heterocycles. The van der Waals surface area contributed by atoms with Crippen LogP contribution in [0.2, 0.25) is 0 Å². The molecule has 5 rings (SSSR count). The van der Waals surface area contributed by atoms with E-state index in [1.165, 1.54) is 11.1 Å². The molecule has 0 spiro atoms. The first-order valence-corrected chi connectivity index (χ1v) is 12.1. The molecular weight excluding hydrogens is 440 g/mol. The Hall–Kier alpha value is -3.99. The quantitative estimate of drug-likeness (QED) is 0.612. The van der Waals surface area contributed by atoms with Crippen LogP contribution in [0.15, 0.2) is 48.8 Å². The Bertz CT molecular complexity index is 1260. The lowest BCUT2D eigenvalue weighted by molar-refractivity contribution is 0.0927. The van der Waals surface area contributed by atoms with E-state index in [-0.39, 0.29) is 18.1 Å². The Kier molecular flexibility index (Phi) is 6.57. The van der Waals surface area contributed by atoms with Crippen LogP contribution in [0.4, 0.5) is 5.82 Å². The lowest BCUT2D eigenvalue weighted by atomic mass is 9.89. The summed E-state index contributed by atoms with van der Waals surface area (Å²) in [5.41, 5.74) is 4.40. The summed E-state index contributed by atoms with van der Waals surface area (Å²) >= 11 is 0. The maximum absolute atomic E-state index is 12.9. The van der Waals surface area contributed by atoms with Crippen molar-refractivity contribution in [3.8, 4) is 11.8 Å². The number of aromatic nitrogens is 3. The molecule has 1 unspecified atom stereocenters. The number of rotatable bonds is 5. The second-order valence-corrected chi connectivity index (χ2v) is 9.24. The molecule has 0 radical (unpaired) electrons. The SMILES string of the molecule is Cc1cc(C(=O)NC2CCc3cnccc3C2)nnc1N1CCC(Oc2cccc(C#N)c2)CC1. The number of hydrogen-bond donors (Lipinski definition) is 1. The van der Waals surface area contributed by atoms with E-state index in [9.17, 15) is 4.79 Å².